The summed E-state index contributed by atoms with van der Waals surface area (Å²) in [4.78, 5) is 36.1. The Morgan fingerprint density at radius 3 is 2.49 bits per heavy atom. The number of hydrogen-bond acceptors (Lipinski definition) is 7. The van der Waals surface area contributed by atoms with Crippen LogP contribution in [0.4, 0.5) is 0 Å². The van der Waals surface area contributed by atoms with Gasteiger partial charge >= 0.3 is 5.97 Å². The zero-order valence-corrected chi connectivity index (χ0v) is 22.9. The number of aliphatic hydroxyl groups is 2. The highest BCUT2D eigenvalue weighted by Gasteiger charge is 2.68. The largest absolute Gasteiger partial charge is 0.508 e. The number of rotatable bonds is 3. The van der Waals surface area contributed by atoms with Crippen LogP contribution in [0.15, 0.2) is 48.1 Å². The Hall–Kier alpha value is -2.24. The van der Waals surface area contributed by atoms with Crippen molar-refractivity contribution < 1.29 is 34.4 Å². The molecule has 0 radical (unpaired) electrons. The lowest BCUT2D eigenvalue weighted by atomic mass is 9.45. The second kappa shape index (κ2) is 11.3. The van der Waals surface area contributed by atoms with Gasteiger partial charge in [0.2, 0.25) is 5.78 Å². The molecule has 0 heterocycles. The molecular formula is C31H43AlO7. The van der Waals surface area contributed by atoms with Crippen molar-refractivity contribution in [3.63, 3.8) is 0 Å². The second-order valence-electron chi connectivity index (χ2n) is 12.2. The number of phenols is 1. The fourth-order valence-corrected chi connectivity index (χ4v) is 8.13. The van der Waals surface area contributed by atoms with Gasteiger partial charge in [0, 0.05) is 23.7 Å². The maximum absolute atomic E-state index is 12.9. The van der Waals surface area contributed by atoms with E-state index in [9.17, 15) is 24.6 Å². The van der Waals surface area contributed by atoms with Gasteiger partial charge in [-0.25, -0.2) is 0 Å². The zero-order chi connectivity index (χ0) is 28.0. The lowest BCUT2D eigenvalue weighted by Crippen LogP contribution is -2.62. The van der Waals surface area contributed by atoms with Crippen LogP contribution in [-0.4, -0.2) is 68.5 Å². The highest BCUT2D eigenvalue weighted by molar-refractivity contribution is 6.01. The van der Waals surface area contributed by atoms with Gasteiger partial charge < -0.3 is 20.1 Å². The molecule has 0 unspecified atom stereocenters. The summed E-state index contributed by atoms with van der Waals surface area (Å²) in [5.74, 6) is -0.375. The van der Waals surface area contributed by atoms with E-state index in [1.54, 1.807) is 24.3 Å². The standard InChI is InChI=1S/C24H32O6.C7H8O.Al.3H/c1-13-9-16-17-6-8-24(29,20(28)12-30-14(2)25)23(17,4)11-19(27)21(16)22(3)7-5-15(26)10-18(13)22;1-6-3-2-4-7(8)5-6;;;;/h5,7,10,13,16-17,19,21,27,29H,6,8-9,11-12H2,1-4H3;2-5,8H,1H3;;;;/t13-,16-,17-,19-,21+,22-,23-,24-;;;;;/m0...../s1. The van der Waals surface area contributed by atoms with Gasteiger partial charge in [0.15, 0.2) is 29.8 Å². The number of hydrogen-bond donors (Lipinski definition) is 3. The number of fused-ring (bicyclic) bond motifs is 5. The van der Waals surface area contributed by atoms with Gasteiger partial charge in [0.1, 0.15) is 11.4 Å². The summed E-state index contributed by atoms with van der Waals surface area (Å²) in [7, 11) is 0. The zero-order valence-electron chi connectivity index (χ0n) is 22.9. The number of aromatic hydroxyl groups is 1. The van der Waals surface area contributed by atoms with E-state index in [0.717, 1.165) is 17.6 Å². The molecule has 0 amide bonds. The predicted octanol–water partition coefficient (Wildman–Crippen LogP) is 2.89. The van der Waals surface area contributed by atoms with Gasteiger partial charge in [-0.15, -0.1) is 0 Å². The van der Waals surface area contributed by atoms with Gasteiger partial charge in [-0.1, -0.05) is 44.6 Å². The van der Waals surface area contributed by atoms with Crippen molar-refractivity contribution >= 4 is 34.9 Å². The molecule has 39 heavy (non-hydrogen) atoms. The van der Waals surface area contributed by atoms with Crippen molar-refractivity contribution in [3.8, 4) is 5.75 Å². The first-order valence-electron chi connectivity index (χ1n) is 13.5. The van der Waals surface area contributed by atoms with E-state index in [4.69, 9.17) is 9.84 Å². The number of carbonyl (C=O) groups excluding carboxylic acids is 3. The number of ketones is 2. The van der Waals surface area contributed by atoms with Crippen LogP contribution >= 0.6 is 0 Å². The van der Waals surface area contributed by atoms with E-state index in [2.05, 4.69) is 13.8 Å². The molecule has 0 aliphatic heterocycles. The smallest absolute Gasteiger partial charge is 0.303 e. The quantitative estimate of drug-likeness (QED) is 0.388. The molecule has 4 aliphatic carbocycles. The maximum Gasteiger partial charge on any atom is 0.303 e. The highest BCUT2D eigenvalue weighted by atomic mass is 27.0. The van der Waals surface area contributed by atoms with Crippen LogP contribution in [0.1, 0.15) is 58.9 Å². The molecule has 1 aromatic rings. The third-order valence-corrected chi connectivity index (χ3v) is 9.84. The number of aryl methyl sites for hydroxylation is 1. The minimum atomic E-state index is -1.61. The van der Waals surface area contributed by atoms with Gasteiger partial charge in [0.25, 0.3) is 0 Å². The molecule has 4 aliphatic rings. The third-order valence-electron chi connectivity index (χ3n) is 9.84. The van der Waals surface area contributed by atoms with Crippen molar-refractivity contribution in [3.05, 3.63) is 53.6 Å². The molecule has 1 aromatic carbocycles. The maximum atomic E-state index is 12.9. The average Bonchev–Trinajstić information content (AvgIpc) is 3.10. The SMILES string of the molecule is CC(=O)OCC(=O)[C@@]1(O)CC[C@H]2[C@@H]3C[C@H](C)C4=CC(=O)C=C[C@]4(C)[C@H]3[C@@H](O)C[C@@]21C.Cc1cccc(O)c1.[AlH3]. The normalized spacial score (nSPS) is 38.1. The molecule has 7 nitrogen and oxygen atoms in total. The van der Waals surface area contributed by atoms with Gasteiger partial charge in [-0.3, -0.25) is 14.4 Å². The fourth-order valence-electron chi connectivity index (χ4n) is 8.13. The Balaban J connectivity index is 0.000000402. The molecule has 0 saturated heterocycles. The van der Waals surface area contributed by atoms with E-state index in [1.165, 1.54) is 6.92 Å². The first-order chi connectivity index (χ1) is 17.7. The van der Waals surface area contributed by atoms with E-state index >= 15 is 0 Å². The molecule has 5 rings (SSSR count). The Labute approximate surface area is 241 Å². The number of Topliss-reactive ketones (excluding diaryl/α,β-unsaturated/α-hetero) is 1. The molecule has 0 bridgehead atoms. The molecule has 8 atom stereocenters. The predicted molar refractivity (Wildman–Crippen MR) is 152 cm³/mol. The van der Waals surface area contributed by atoms with Crippen LogP contribution in [-0.2, 0) is 19.1 Å². The number of aliphatic hydroxyl groups excluding tert-OH is 1. The summed E-state index contributed by atoms with van der Waals surface area (Å²) >= 11 is 0. The van der Waals surface area contributed by atoms with Crippen LogP contribution in [0.5, 0.6) is 5.75 Å². The number of allylic oxidation sites excluding steroid dienone is 4. The molecule has 0 spiro atoms. The number of benzene rings is 1. The van der Waals surface area contributed by atoms with E-state index < -0.39 is 40.9 Å². The van der Waals surface area contributed by atoms with Crippen LogP contribution in [0.25, 0.3) is 0 Å². The van der Waals surface area contributed by atoms with E-state index in [0.29, 0.717) is 25.0 Å². The minimum absolute atomic E-state index is 0. The summed E-state index contributed by atoms with van der Waals surface area (Å²) in [5, 5.41) is 31.7. The van der Waals surface area contributed by atoms with Crippen molar-refractivity contribution in [2.75, 3.05) is 6.61 Å². The Bertz CT molecular complexity index is 1170. The molecule has 3 saturated carbocycles. The first-order valence-corrected chi connectivity index (χ1v) is 13.5. The summed E-state index contributed by atoms with van der Waals surface area (Å²) in [6.07, 6.45) is 6.71. The van der Waals surface area contributed by atoms with E-state index in [-0.39, 0.29) is 46.8 Å². The van der Waals surface area contributed by atoms with Crippen LogP contribution in [0.3, 0.4) is 0 Å². The number of esters is 1. The van der Waals surface area contributed by atoms with Crippen molar-refractivity contribution in [1.29, 1.82) is 0 Å². The third kappa shape index (κ3) is 5.42. The van der Waals surface area contributed by atoms with Gasteiger partial charge in [-0.05, 0) is 80.2 Å². The van der Waals surface area contributed by atoms with Crippen LogP contribution in [0, 0.1) is 41.4 Å². The van der Waals surface area contributed by atoms with Gasteiger partial charge in [0.05, 0.1) is 6.10 Å². The number of ether oxygens (including phenoxy) is 1. The monoisotopic (exact) mass is 554 g/mol. The lowest BCUT2D eigenvalue weighted by Gasteiger charge is -2.60. The molecule has 0 aromatic heterocycles. The Morgan fingerprint density at radius 2 is 1.90 bits per heavy atom. The molecule has 3 fully saturated rings. The van der Waals surface area contributed by atoms with Crippen LogP contribution in [0.2, 0.25) is 0 Å². The Morgan fingerprint density at radius 1 is 1.21 bits per heavy atom. The molecule has 8 heteroatoms. The lowest BCUT2D eigenvalue weighted by molar-refractivity contribution is -0.182. The summed E-state index contributed by atoms with van der Waals surface area (Å²) in [6, 6.07) is 7.15. The molecule has 212 valence electrons. The first kappa shape index (κ1) is 31.3. The number of carbonyl (C=O) groups is 3. The summed E-state index contributed by atoms with van der Waals surface area (Å²) in [6.45, 7) is 8.88. The van der Waals surface area contributed by atoms with E-state index in [1.807, 2.05) is 32.1 Å². The fraction of sp³-hybridized carbons (Fsp3) is 0.581. The second-order valence-corrected chi connectivity index (χ2v) is 12.2. The minimum Gasteiger partial charge on any atom is -0.508 e. The van der Waals surface area contributed by atoms with Crippen molar-refractivity contribution in [1.82, 2.24) is 0 Å². The van der Waals surface area contributed by atoms with Gasteiger partial charge in [-0.2, -0.15) is 0 Å². The highest BCUT2D eigenvalue weighted by Crippen LogP contribution is 2.67. The summed E-state index contributed by atoms with van der Waals surface area (Å²) < 4.78 is 4.89. The van der Waals surface area contributed by atoms with Crippen molar-refractivity contribution in [2.45, 2.75) is 72.0 Å². The van der Waals surface area contributed by atoms with Crippen molar-refractivity contribution in [2.24, 2.45) is 34.5 Å². The summed E-state index contributed by atoms with van der Waals surface area (Å²) in [5.41, 5.74) is -0.629. The molecule has 3 N–H and O–H groups in total. The van der Waals surface area contributed by atoms with Crippen LogP contribution < -0.4 is 0 Å². The molecular weight excluding hydrogens is 511 g/mol. The Kier molecular flexibility index (Phi) is 9.09. The topological polar surface area (TPSA) is 121 Å². The number of phenolic OH excluding ortho intramolecular Hbond substituents is 1. The average molecular weight is 555 g/mol.